The van der Waals surface area contributed by atoms with Gasteiger partial charge in [-0.15, -0.1) is 0 Å². The molecule has 0 bridgehead atoms. The summed E-state index contributed by atoms with van der Waals surface area (Å²) in [7, 11) is 0. The van der Waals surface area contributed by atoms with E-state index in [1.807, 2.05) is 6.07 Å². The largest absolute Gasteiger partial charge is 0.370 e. The Morgan fingerprint density at radius 2 is 1.79 bits per heavy atom. The van der Waals surface area contributed by atoms with Gasteiger partial charge in [-0.05, 0) is 31.1 Å². The first kappa shape index (κ1) is 14.1. The number of hydrogen-bond donors (Lipinski definition) is 2. The maximum atomic E-state index is 4.31. The molecule has 1 aromatic rings. The van der Waals surface area contributed by atoms with Crippen molar-refractivity contribution in [1.82, 2.24) is 9.97 Å². The van der Waals surface area contributed by atoms with E-state index in [4.69, 9.17) is 0 Å². The molecule has 1 saturated carbocycles. The van der Waals surface area contributed by atoms with Crippen molar-refractivity contribution in [3.8, 4) is 0 Å². The molecule has 19 heavy (non-hydrogen) atoms. The number of nitrogens with one attached hydrogen (secondary N) is 2. The van der Waals surface area contributed by atoms with Crippen molar-refractivity contribution >= 4 is 11.6 Å². The van der Waals surface area contributed by atoms with Gasteiger partial charge < -0.3 is 10.6 Å². The van der Waals surface area contributed by atoms with E-state index in [0.29, 0.717) is 5.41 Å². The molecule has 0 saturated heterocycles. The summed E-state index contributed by atoms with van der Waals surface area (Å²) in [5.41, 5.74) is 0.488. The fourth-order valence-corrected chi connectivity index (χ4v) is 2.86. The monoisotopic (exact) mass is 262 g/mol. The molecule has 1 fully saturated rings. The van der Waals surface area contributed by atoms with Crippen molar-refractivity contribution in [2.24, 2.45) is 5.41 Å². The molecule has 0 aliphatic heterocycles. The molecule has 0 atom stereocenters. The van der Waals surface area contributed by atoms with Gasteiger partial charge in [-0.25, -0.2) is 9.97 Å². The van der Waals surface area contributed by atoms with E-state index < -0.39 is 0 Å². The van der Waals surface area contributed by atoms with Crippen molar-refractivity contribution in [3.63, 3.8) is 0 Å². The third-order valence-corrected chi connectivity index (χ3v) is 4.28. The van der Waals surface area contributed by atoms with Gasteiger partial charge in [-0.2, -0.15) is 0 Å². The summed E-state index contributed by atoms with van der Waals surface area (Å²) in [4.78, 5) is 8.54. The molecule has 1 aliphatic rings. The lowest BCUT2D eigenvalue weighted by Crippen LogP contribution is -2.26. The van der Waals surface area contributed by atoms with Crippen molar-refractivity contribution in [1.29, 1.82) is 0 Å². The van der Waals surface area contributed by atoms with Crippen LogP contribution in [0.3, 0.4) is 0 Å². The minimum absolute atomic E-state index is 0.488. The third kappa shape index (κ3) is 3.82. The first-order valence-electron chi connectivity index (χ1n) is 7.58. The Balaban J connectivity index is 1.91. The SMILES string of the molecule is CCCNc1cc(NCC2(CC)CCCC2)ncn1. The summed E-state index contributed by atoms with van der Waals surface area (Å²) in [5, 5.41) is 6.80. The Kier molecular flexibility index (Phi) is 5.00. The van der Waals surface area contributed by atoms with Crippen LogP contribution in [0.15, 0.2) is 12.4 Å². The summed E-state index contributed by atoms with van der Waals surface area (Å²) in [6.45, 7) is 6.45. The van der Waals surface area contributed by atoms with Crippen molar-refractivity contribution < 1.29 is 0 Å². The lowest BCUT2D eigenvalue weighted by molar-refractivity contribution is 0.306. The van der Waals surface area contributed by atoms with E-state index in [1.165, 1.54) is 32.1 Å². The Bertz CT molecular complexity index is 385. The Morgan fingerprint density at radius 3 is 2.42 bits per heavy atom. The van der Waals surface area contributed by atoms with Crippen LogP contribution in [0.5, 0.6) is 0 Å². The topological polar surface area (TPSA) is 49.8 Å². The second kappa shape index (κ2) is 6.73. The van der Waals surface area contributed by atoms with Crippen molar-refractivity contribution in [3.05, 3.63) is 12.4 Å². The van der Waals surface area contributed by atoms with Crippen LogP contribution >= 0.6 is 0 Å². The number of aromatic nitrogens is 2. The van der Waals surface area contributed by atoms with Crippen LogP contribution in [-0.2, 0) is 0 Å². The zero-order valence-electron chi connectivity index (χ0n) is 12.2. The summed E-state index contributed by atoms with van der Waals surface area (Å²) < 4.78 is 0. The predicted octanol–water partition coefficient (Wildman–Crippen LogP) is 3.68. The molecule has 2 rings (SSSR count). The molecule has 0 radical (unpaired) electrons. The van der Waals surface area contributed by atoms with E-state index in [-0.39, 0.29) is 0 Å². The summed E-state index contributed by atoms with van der Waals surface area (Å²) in [6.07, 6.45) is 9.45. The van der Waals surface area contributed by atoms with E-state index in [1.54, 1.807) is 6.33 Å². The summed E-state index contributed by atoms with van der Waals surface area (Å²) in [5.74, 6) is 1.85. The zero-order valence-corrected chi connectivity index (χ0v) is 12.2. The van der Waals surface area contributed by atoms with Gasteiger partial charge in [0.2, 0.25) is 0 Å². The molecule has 4 nitrogen and oxygen atoms in total. The average Bonchev–Trinajstić information content (AvgIpc) is 2.93. The fraction of sp³-hybridized carbons (Fsp3) is 0.733. The highest BCUT2D eigenvalue weighted by atomic mass is 15.1. The highest BCUT2D eigenvalue weighted by molar-refractivity contribution is 5.46. The molecule has 4 heteroatoms. The maximum absolute atomic E-state index is 4.31. The van der Waals surface area contributed by atoms with Crippen LogP contribution in [0.4, 0.5) is 11.6 Å². The fourth-order valence-electron chi connectivity index (χ4n) is 2.86. The van der Waals surface area contributed by atoms with Crippen LogP contribution in [0, 0.1) is 5.41 Å². The van der Waals surface area contributed by atoms with Crippen LogP contribution in [0.25, 0.3) is 0 Å². The summed E-state index contributed by atoms with van der Waals surface area (Å²) in [6, 6.07) is 2.01. The predicted molar refractivity (Wildman–Crippen MR) is 80.5 cm³/mol. The van der Waals surface area contributed by atoms with Crippen LogP contribution < -0.4 is 10.6 Å². The van der Waals surface area contributed by atoms with Crippen molar-refractivity contribution in [2.75, 3.05) is 23.7 Å². The second-order valence-corrected chi connectivity index (χ2v) is 5.63. The van der Waals surface area contributed by atoms with Gasteiger partial charge in [0, 0.05) is 19.2 Å². The molecule has 1 aromatic heterocycles. The Hall–Kier alpha value is -1.32. The summed E-state index contributed by atoms with van der Waals surface area (Å²) >= 11 is 0. The highest BCUT2D eigenvalue weighted by Crippen LogP contribution is 2.40. The smallest absolute Gasteiger partial charge is 0.131 e. The Labute approximate surface area is 116 Å². The van der Waals surface area contributed by atoms with Gasteiger partial charge >= 0.3 is 0 Å². The molecule has 0 spiro atoms. The molecule has 1 aliphatic carbocycles. The minimum atomic E-state index is 0.488. The third-order valence-electron chi connectivity index (χ3n) is 4.28. The Morgan fingerprint density at radius 1 is 1.11 bits per heavy atom. The number of anilines is 2. The average molecular weight is 262 g/mol. The van der Waals surface area contributed by atoms with Crippen LogP contribution in [0.2, 0.25) is 0 Å². The lowest BCUT2D eigenvalue weighted by Gasteiger charge is -2.27. The van der Waals surface area contributed by atoms with Gasteiger partial charge in [0.05, 0.1) is 0 Å². The molecule has 1 heterocycles. The minimum Gasteiger partial charge on any atom is -0.370 e. The van der Waals surface area contributed by atoms with Gasteiger partial charge in [-0.1, -0.05) is 26.7 Å². The van der Waals surface area contributed by atoms with Gasteiger partial charge in [0.15, 0.2) is 0 Å². The van der Waals surface area contributed by atoms with Crippen LogP contribution in [0.1, 0.15) is 52.4 Å². The molecular formula is C15H26N4. The first-order valence-corrected chi connectivity index (χ1v) is 7.58. The van der Waals surface area contributed by atoms with E-state index in [0.717, 1.165) is 31.1 Å². The highest BCUT2D eigenvalue weighted by Gasteiger charge is 2.31. The number of nitrogens with zero attached hydrogens (tertiary/aromatic N) is 2. The second-order valence-electron chi connectivity index (χ2n) is 5.63. The van der Waals surface area contributed by atoms with Crippen LogP contribution in [-0.4, -0.2) is 23.1 Å². The molecule has 106 valence electrons. The van der Waals surface area contributed by atoms with Gasteiger partial charge in [-0.3, -0.25) is 0 Å². The lowest BCUT2D eigenvalue weighted by atomic mass is 9.83. The normalized spacial score (nSPS) is 17.4. The van der Waals surface area contributed by atoms with Gasteiger partial charge in [0.25, 0.3) is 0 Å². The molecule has 2 N–H and O–H groups in total. The molecule has 0 aromatic carbocycles. The molecule has 0 unspecified atom stereocenters. The standard InChI is InChI=1S/C15H26N4/c1-3-9-16-13-10-14(19-12-18-13)17-11-15(4-2)7-5-6-8-15/h10,12H,3-9,11H2,1-2H3,(H2,16,17,18,19). The zero-order chi connectivity index (χ0) is 13.6. The van der Waals surface area contributed by atoms with Gasteiger partial charge in [0.1, 0.15) is 18.0 Å². The van der Waals surface area contributed by atoms with E-state index in [9.17, 15) is 0 Å². The molecular weight excluding hydrogens is 236 g/mol. The van der Waals surface area contributed by atoms with Crippen molar-refractivity contribution in [2.45, 2.75) is 52.4 Å². The molecule has 0 amide bonds. The van der Waals surface area contributed by atoms with E-state index >= 15 is 0 Å². The number of hydrogen-bond acceptors (Lipinski definition) is 4. The van der Waals surface area contributed by atoms with E-state index in [2.05, 4.69) is 34.4 Å². The maximum Gasteiger partial charge on any atom is 0.131 e. The first-order chi connectivity index (χ1) is 9.28. The number of rotatable bonds is 7. The quantitative estimate of drug-likeness (QED) is 0.787.